The van der Waals surface area contributed by atoms with Crippen molar-refractivity contribution < 1.29 is 4.74 Å². The summed E-state index contributed by atoms with van der Waals surface area (Å²) < 4.78 is 5.93. The molecule has 2 heteroatoms. The van der Waals surface area contributed by atoms with E-state index in [1.807, 2.05) is 6.20 Å². The van der Waals surface area contributed by atoms with Crippen LogP contribution in [0.25, 0.3) is 22.0 Å². The van der Waals surface area contributed by atoms with Crippen LogP contribution in [0.1, 0.15) is 56.6 Å². The SMILES string of the molecule is C=C(CCCCC)CCCOc1ccc(-c2ccc3ncc(C)c(C)c3c2)cc1. The molecule has 0 fully saturated rings. The summed E-state index contributed by atoms with van der Waals surface area (Å²) in [4.78, 5) is 4.54. The van der Waals surface area contributed by atoms with E-state index in [4.69, 9.17) is 4.74 Å². The standard InChI is InChI=1S/C27H33NO/c1-5-6-7-9-20(2)10-8-17-29-25-14-11-23(12-15-25)24-13-16-27-26(18-24)22(4)21(3)19-28-27/h11-16,18-19H,2,5-10,17H2,1,3-4H3. The Morgan fingerprint density at radius 2 is 1.66 bits per heavy atom. The van der Waals surface area contributed by atoms with Gasteiger partial charge in [-0.3, -0.25) is 4.98 Å². The lowest BCUT2D eigenvalue weighted by atomic mass is 9.99. The van der Waals surface area contributed by atoms with Crippen LogP contribution < -0.4 is 4.74 Å². The number of benzene rings is 2. The van der Waals surface area contributed by atoms with Crippen LogP contribution >= 0.6 is 0 Å². The number of allylic oxidation sites excluding steroid dienone is 1. The second-order valence-corrected chi connectivity index (χ2v) is 7.98. The molecule has 0 atom stereocenters. The van der Waals surface area contributed by atoms with Gasteiger partial charge in [0, 0.05) is 11.6 Å². The number of ether oxygens (including phenoxy) is 1. The molecule has 1 heterocycles. The minimum Gasteiger partial charge on any atom is -0.494 e. The number of pyridine rings is 1. The van der Waals surface area contributed by atoms with Gasteiger partial charge in [-0.15, -0.1) is 0 Å². The Balaban J connectivity index is 1.56. The van der Waals surface area contributed by atoms with Gasteiger partial charge in [-0.25, -0.2) is 0 Å². The predicted molar refractivity (Wildman–Crippen MR) is 125 cm³/mol. The molecule has 0 unspecified atom stereocenters. The molecular weight excluding hydrogens is 354 g/mol. The molecule has 0 spiro atoms. The van der Waals surface area contributed by atoms with Crippen LogP contribution in [0.4, 0.5) is 0 Å². The fraction of sp³-hybridized carbons (Fsp3) is 0.370. The molecule has 29 heavy (non-hydrogen) atoms. The van der Waals surface area contributed by atoms with Crippen molar-refractivity contribution in [2.45, 2.75) is 59.3 Å². The van der Waals surface area contributed by atoms with E-state index in [0.29, 0.717) is 0 Å². The summed E-state index contributed by atoms with van der Waals surface area (Å²) >= 11 is 0. The van der Waals surface area contributed by atoms with Gasteiger partial charge in [0.1, 0.15) is 5.75 Å². The Morgan fingerprint density at radius 1 is 0.931 bits per heavy atom. The zero-order valence-electron chi connectivity index (χ0n) is 18.1. The van der Waals surface area contributed by atoms with Crippen molar-refractivity contribution in [3.63, 3.8) is 0 Å². The maximum Gasteiger partial charge on any atom is 0.119 e. The van der Waals surface area contributed by atoms with Crippen molar-refractivity contribution >= 4 is 10.9 Å². The first kappa shape index (κ1) is 21.1. The molecule has 0 N–H and O–H groups in total. The first-order valence-electron chi connectivity index (χ1n) is 10.8. The van der Waals surface area contributed by atoms with Crippen LogP contribution in [0, 0.1) is 13.8 Å². The van der Waals surface area contributed by atoms with E-state index in [1.54, 1.807) is 0 Å². The number of nitrogens with zero attached hydrogens (tertiary/aromatic N) is 1. The second-order valence-electron chi connectivity index (χ2n) is 7.98. The zero-order valence-corrected chi connectivity index (χ0v) is 18.1. The van der Waals surface area contributed by atoms with Gasteiger partial charge in [-0.2, -0.15) is 0 Å². The van der Waals surface area contributed by atoms with Crippen molar-refractivity contribution in [1.29, 1.82) is 0 Å². The van der Waals surface area contributed by atoms with E-state index >= 15 is 0 Å². The van der Waals surface area contributed by atoms with Crippen LogP contribution in [0.3, 0.4) is 0 Å². The monoisotopic (exact) mass is 387 g/mol. The van der Waals surface area contributed by atoms with E-state index in [-0.39, 0.29) is 0 Å². The Labute approximate surface area is 175 Å². The third-order valence-electron chi connectivity index (χ3n) is 5.65. The highest BCUT2D eigenvalue weighted by Gasteiger charge is 2.05. The van der Waals surface area contributed by atoms with Gasteiger partial charge in [0.05, 0.1) is 12.1 Å². The largest absolute Gasteiger partial charge is 0.494 e. The number of unbranched alkanes of at least 4 members (excludes halogenated alkanes) is 2. The van der Waals surface area contributed by atoms with Gasteiger partial charge in [0.15, 0.2) is 0 Å². The molecule has 0 saturated carbocycles. The van der Waals surface area contributed by atoms with Crippen LogP contribution in [0.5, 0.6) is 5.75 Å². The second kappa shape index (κ2) is 10.2. The van der Waals surface area contributed by atoms with E-state index in [0.717, 1.165) is 37.1 Å². The number of hydrogen-bond acceptors (Lipinski definition) is 2. The summed E-state index contributed by atoms with van der Waals surface area (Å²) in [5, 5.41) is 1.22. The highest BCUT2D eigenvalue weighted by molar-refractivity contribution is 5.87. The fourth-order valence-corrected chi connectivity index (χ4v) is 3.61. The molecule has 2 nitrogen and oxygen atoms in total. The minimum atomic E-state index is 0.742. The number of aromatic nitrogens is 1. The quantitative estimate of drug-likeness (QED) is 0.261. The van der Waals surface area contributed by atoms with E-state index in [9.17, 15) is 0 Å². The smallest absolute Gasteiger partial charge is 0.119 e. The molecule has 3 rings (SSSR count). The molecule has 0 saturated heterocycles. The molecular formula is C27H33NO. The molecule has 0 aliphatic rings. The van der Waals surface area contributed by atoms with Gasteiger partial charge < -0.3 is 4.74 Å². The summed E-state index contributed by atoms with van der Waals surface area (Å²) in [6.45, 7) is 11.4. The normalized spacial score (nSPS) is 11.0. The first-order valence-corrected chi connectivity index (χ1v) is 10.8. The van der Waals surface area contributed by atoms with Crippen molar-refractivity contribution in [3.05, 3.63) is 71.9 Å². The maximum absolute atomic E-state index is 5.93. The number of fused-ring (bicyclic) bond motifs is 1. The first-order chi connectivity index (χ1) is 14.1. The maximum atomic E-state index is 5.93. The van der Waals surface area contributed by atoms with Gasteiger partial charge in [-0.1, -0.05) is 50.1 Å². The topological polar surface area (TPSA) is 22.1 Å². The Morgan fingerprint density at radius 3 is 2.41 bits per heavy atom. The number of aryl methyl sites for hydroxylation is 2. The van der Waals surface area contributed by atoms with Crippen molar-refractivity contribution in [2.24, 2.45) is 0 Å². The van der Waals surface area contributed by atoms with E-state index < -0.39 is 0 Å². The van der Waals surface area contributed by atoms with Crippen molar-refractivity contribution in [2.75, 3.05) is 6.61 Å². The molecule has 0 aliphatic carbocycles. The lowest BCUT2D eigenvalue weighted by Crippen LogP contribution is -1.98. The molecule has 0 radical (unpaired) electrons. The molecule has 152 valence electrons. The fourth-order valence-electron chi connectivity index (χ4n) is 3.61. The molecule has 0 amide bonds. The third kappa shape index (κ3) is 5.69. The molecule has 0 aliphatic heterocycles. The summed E-state index contributed by atoms with van der Waals surface area (Å²) in [5.74, 6) is 0.930. The van der Waals surface area contributed by atoms with Crippen molar-refractivity contribution in [1.82, 2.24) is 4.98 Å². The van der Waals surface area contributed by atoms with Gasteiger partial charge >= 0.3 is 0 Å². The Bertz CT molecular complexity index is 956. The molecule has 2 aromatic carbocycles. The Kier molecular flexibility index (Phi) is 7.46. The number of hydrogen-bond donors (Lipinski definition) is 0. The average Bonchev–Trinajstić information content (AvgIpc) is 2.74. The van der Waals surface area contributed by atoms with Crippen LogP contribution in [-0.4, -0.2) is 11.6 Å². The Hall–Kier alpha value is -2.61. The van der Waals surface area contributed by atoms with E-state index in [1.165, 1.54) is 52.5 Å². The summed E-state index contributed by atoms with van der Waals surface area (Å²) in [5.41, 5.74) is 7.34. The van der Waals surface area contributed by atoms with Crippen LogP contribution in [0.15, 0.2) is 60.8 Å². The van der Waals surface area contributed by atoms with Gasteiger partial charge in [0.2, 0.25) is 0 Å². The lowest BCUT2D eigenvalue weighted by Gasteiger charge is -2.10. The summed E-state index contributed by atoms with van der Waals surface area (Å²) in [6.07, 6.45) is 9.03. The van der Waals surface area contributed by atoms with E-state index in [2.05, 4.69) is 74.8 Å². The summed E-state index contributed by atoms with van der Waals surface area (Å²) in [6, 6.07) is 14.9. The predicted octanol–water partition coefficient (Wildman–Crippen LogP) is 7.81. The highest BCUT2D eigenvalue weighted by atomic mass is 16.5. The van der Waals surface area contributed by atoms with Crippen LogP contribution in [0.2, 0.25) is 0 Å². The highest BCUT2D eigenvalue weighted by Crippen LogP contribution is 2.28. The molecule has 3 aromatic rings. The average molecular weight is 388 g/mol. The number of rotatable bonds is 10. The van der Waals surface area contributed by atoms with Gasteiger partial charge in [0.25, 0.3) is 0 Å². The van der Waals surface area contributed by atoms with Crippen molar-refractivity contribution in [3.8, 4) is 16.9 Å². The molecule has 1 aromatic heterocycles. The lowest BCUT2D eigenvalue weighted by molar-refractivity contribution is 0.310. The molecule has 0 bridgehead atoms. The minimum absolute atomic E-state index is 0.742. The summed E-state index contributed by atoms with van der Waals surface area (Å²) in [7, 11) is 0. The van der Waals surface area contributed by atoms with Crippen LogP contribution in [-0.2, 0) is 0 Å². The van der Waals surface area contributed by atoms with Gasteiger partial charge in [-0.05, 0) is 86.1 Å². The zero-order chi connectivity index (χ0) is 20.6. The third-order valence-corrected chi connectivity index (χ3v) is 5.65.